The van der Waals surface area contributed by atoms with E-state index in [1.807, 2.05) is 61.2 Å². The molecule has 0 saturated heterocycles. The average Bonchev–Trinajstić information content (AvgIpc) is 3.90. The Hall–Kier alpha value is -5.48. The standard InChI is InChI=1S/C34H44N8O4/c1-7-8-9-11-24(41(3)4)20-42(5)29(21-43)26-17-16-23(19-38-26)25-12-10-13-27(32(25)46-6)39-28(31(36)34(45)37-2)18-30(35)40-33(44)22-14-15-22/h8-13,16-19,22,39H,7,14-15,20,35-36H2,1-6H3,(H,37,45)(H,40,44)/b9-8-,24-11-,30-18+,31-28+. The van der Waals surface area contributed by atoms with Crippen LogP contribution in [-0.4, -0.2) is 74.4 Å². The fraction of sp³-hybridized carbons (Fsp3) is 0.324. The summed E-state index contributed by atoms with van der Waals surface area (Å²) in [6.45, 7) is 2.55. The summed E-state index contributed by atoms with van der Waals surface area (Å²) in [7, 11) is 8.71. The summed E-state index contributed by atoms with van der Waals surface area (Å²) < 4.78 is 5.78. The normalized spacial score (nSPS) is 13.8. The number of nitrogens with zero attached hydrogens (tertiary/aromatic N) is 3. The first-order valence-electron chi connectivity index (χ1n) is 14.9. The van der Waals surface area contributed by atoms with Crippen molar-refractivity contribution in [2.45, 2.75) is 26.2 Å². The van der Waals surface area contributed by atoms with E-state index in [9.17, 15) is 14.4 Å². The van der Waals surface area contributed by atoms with E-state index >= 15 is 0 Å². The largest absolute Gasteiger partial charge is 0.494 e. The molecule has 1 fully saturated rings. The van der Waals surface area contributed by atoms with Gasteiger partial charge >= 0.3 is 0 Å². The summed E-state index contributed by atoms with van der Waals surface area (Å²) in [6.07, 6.45) is 11.7. The van der Waals surface area contributed by atoms with Crippen LogP contribution in [0.4, 0.5) is 5.69 Å². The molecule has 0 unspecified atom stereocenters. The van der Waals surface area contributed by atoms with E-state index in [1.165, 1.54) is 20.2 Å². The smallest absolute Gasteiger partial charge is 0.269 e. The molecule has 46 heavy (non-hydrogen) atoms. The first-order valence-corrected chi connectivity index (χ1v) is 14.9. The molecule has 244 valence electrons. The zero-order chi connectivity index (χ0) is 33.8. The van der Waals surface area contributed by atoms with Crippen LogP contribution in [0.5, 0.6) is 5.75 Å². The summed E-state index contributed by atoms with van der Waals surface area (Å²) >= 11 is 0. The number of aromatic nitrogens is 1. The van der Waals surface area contributed by atoms with Gasteiger partial charge in [-0.2, -0.15) is 0 Å². The minimum Gasteiger partial charge on any atom is -0.494 e. The zero-order valence-corrected chi connectivity index (χ0v) is 27.3. The topological polar surface area (TPSA) is 168 Å². The lowest BCUT2D eigenvalue weighted by Crippen LogP contribution is -2.31. The van der Waals surface area contributed by atoms with Gasteiger partial charge in [-0.1, -0.05) is 37.3 Å². The molecule has 3 rings (SSSR count). The van der Waals surface area contributed by atoms with Gasteiger partial charge in [-0.3, -0.25) is 14.6 Å². The minimum absolute atomic E-state index is 0.0378. The lowest BCUT2D eigenvalue weighted by molar-refractivity contribution is -0.121. The Morgan fingerprint density at radius 2 is 1.89 bits per heavy atom. The Kier molecular flexibility index (Phi) is 12.6. The van der Waals surface area contributed by atoms with Gasteiger partial charge in [0.2, 0.25) is 5.91 Å². The van der Waals surface area contributed by atoms with Crippen LogP contribution in [0, 0.1) is 5.92 Å². The SMILES string of the molecule is CC/C=C\C=C(\CN(C)C(=C=O)c1ccc(-c2cccc(NC(/C=C(\N)NC(=O)C3CC3)=C(/N)C(=O)NC)c2OC)cn1)N(C)C. The molecule has 0 atom stereocenters. The number of methoxy groups -OCH3 is 1. The van der Waals surface area contributed by atoms with Crippen molar-refractivity contribution < 1.29 is 19.1 Å². The van der Waals surface area contributed by atoms with Gasteiger partial charge in [0.25, 0.3) is 5.91 Å². The Morgan fingerprint density at radius 3 is 2.46 bits per heavy atom. The number of ether oxygens (including phenoxy) is 1. The molecule has 1 heterocycles. The van der Waals surface area contributed by atoms with Crippen molar-refractivity contribution >= 4 is 29.1 Å². The van der Waals surface area contributed by atoms with Gasteiger partial charge in [-0.05, 0) is 37.5 Å². The molecule has 0 radical (unpaired) electrons. The molecule has 0 bridgehead atoms. The highest BCUT2D eigenvalue weighted by Crippen LogP contribution is 2.37. The molecule has 1 saturated carbocycles. The molecular weight excluding hydrogens is 584 g/mol. The van der Waals surface area contributed by atoms with Crippen molar-refractivity contribution in [3.05, 3.63) is 89.4 Å². The van der Waals surface area contributed by atoms with Crippen LogP contribution in [-0.2, 0) is 14.4 Å². The van der Waals surface area contributed by atoms with Crippen LogP contribution >= 0.6 is 0 Å². The van der Waals surface area contributed by atoms with Crippen LogP contribution < -0.4 is 32.2 Å². The third kappa shape index (κ3) is 9.26. The highest BCUT2D eigenvalue weighted by molar-refractivity contribution is 5.94. The summed E-state index contributed by atoms with van der Waals surface area (Å²) in [5, 5.41) is 8.28. The number of nitrogens with two attached hydrogens (primary N) is 2. The first-order chi connectivity index (χ1) is 22.0. The molecule has 1 aliphatic rings. The predicted octanol–water partition coefficient (Wildman–Crippen LogP) is 2.93. The third-order valence-corrected chi connectivity index (χ3v) is 7.20. The number of likely N-dealkylation sites (N-methyl/N-ethyl adjacent to an activating group) is 3. The number of anilines is 1. The van der Waals surface area contributed by atoms with Crippen molar-refractivity contribution in [3.8, 4) is 16.9 Å². The van der Waals surface area contributed by atoms with E-state index in [-0.39, 0.29) is 29.0 Å². The molecule has 1 aliphatic carbocycles. The van der Waals surface area contributed by atoms with E-state index in [4.69, 9.17) is 16.2 Å². The number of para-hydroxylation sites is 1. The predicted molar refractivity (Wildman–Crippen MR) is 181 cm³/mol. The van der Waals surface area contributed by atoms with Crippen LogP contribution in [0.2, 0.25) is 0 Å². The van der Waals surface area contributed by atoms with Gasteiger partial charge in [-0.15, -0.1) is 0 Å². The number of amides is 2. The van der Waals surface area contributed by atoms with Crippen LogP contribution in [0.3, 0.4) is 0 Å². The number of hydrogen-bond acceptors (Lipinski definition) is 10. The summed E-state index contributed by atoms with van der Waals surface area (Å²) in [4.78, 5) is 45.1. The number of benzene rings is 1. The Bertz CT molecular complexity index is 1580. The molecule has 7 N–H and O–H groups in total. The van der Waals surface area contributed by atoms with Crippen LogP contribution in [0.1, 0.15) is 31.9 Å². The minimum atomic E-state index is -0.537. The van der Waals surface area contributed by atoms with Crippen molar-refractivity contribution in [1.29, 1.82) is 0 Å². The summed E-state index contributed by atoms with van der Waals surface area (Å²) in [5.74, 6) is 1.75. The van der Waals surface area contributed by atoms with Crippen molar-refractivity contribution in [1.82, 2.24) is 25.4 Å². The molecule has 0 aliphatic heterocycles. The Labute approximate surface area is 270 Å². The zero-order valence-electron chi connectivity index (χ0n) is 27.3. The maximum absolute atomic E-state index is 12.4. The number of pyridine rings is 1. The average molecular weight is 629 g/mol. The molecule has 12 nitrogen and oxygen atoms in total. The third-order valence-electron chi connectivity index (χ3n) is 7.20. The number of carbonyl (C=O) groups excluding carboxylic acids is 3. The molecule has 0 spiro atoms. The number of allylic oxidation sites excluding steroid dienone is 4. The maximum Gasteiger partial charge on any atom is 0.269 e. The van der Waals surface area contributed by atoms with Gasteiger partial charge < -0.3 is 42.0 Å². The summed E-state index contributed by atoms with van der Waals surface area (Å²) in [5.41, 5.74) is 16.0. The van der Waals surface area contributed by atoms with Gasteiger partial charge in [0.1, 0.15) is 23.0 Å². The number of hydrogen-bond donors (Lipinski definition) is 5. The quantitative estimate of drug-likeness (QED) is 0.112. The number of rotatable bonds is 15. The van der Waals surface area contributed by atoms with Crippen molar-refractivity contribution in [2.24, 2.45) is 17.4 Å². The highest BCUT2D eigenvalue weighted by Gasteiger charge is 2.29. The van der Waals surface area contributed by atoms with E-state index in [0.29, 0.717) is 40.5 Å². The first kappa shape index (κ1) is 35.0. The number of nitrogens with one attached hydrogen (secondary N) is 3. The monoisotopic (exact) mass is 628 g/mol. The molecule has 12 heteroatoms. The fourth-order valence-corrected chi connectivity index (χ4v) is 4.45. The molecule has 1 aromatic carbocycles. The van der Waals surface area contributed by atoms with Gasteiger partial charge in [0.15, 0.2) is 5.94 Å². The fourth-order valence-electron chi connectivity index (χ4n) is 4.45. The Morgan fingerprint density at radius 1 is 1.15 bits per heavy atom. The van der Waals surface area contributed by atoms with Crippen LogP contribution in [0.15, 0.2) is 83.7 Å². The second-order valence-electron chi connectivity index (χ2n) is 10.9. The van der Waals surface area contributed by atoms with E-state index < -0.39 is 5.91 Å². The molecule has 2 aromatic rings. The maximum atomic E-state index is 12.4. The molecule has 2 amide bonds. The highest BCUT2D eigenvalue weighted by atomic mass is 16.5. The number of carbonyl (C=O) groups is 2. The van der Waals surface area contributed by atoms with E-state index in [2.05, 4.69) is 33.9 Å². The second kappa shape index (κ2) is 16.6. The van der Waals surface area contributed by atoms with Crippen molar-refractivity contribution in [3.63, 3.8) is 0 Å². The Balaban J connectivity index is 1.92. The van der Waals surface area contributed by atoms with Gasteiger partial charge in [-0.25, -0.2) is 4.79 Å². The van der Waals surface area contributed by atoms with Crippen LogP contribution in [0.25, 0.3) is 16.8 Å². The van der Waals surface area contributed by atoms with E-state index in [0.717, 1.165) is 25.0 Å². The summed E-state index contributed by atoms with van der Waals surface area (Å²) in [6, 6.07) is 9.00. The second-order valence-corrected chi connectivity index (χ2v) is 10.9. The molecular formula is C34H44N8O4. The lowest BCUT2D eigenvalue weighted by atomic mass is 10.0. The van der Waals surface area contributed by atoms with Gasteiger partial charge in [0, 0.05) is 63.2 Å². The molecule has 1 aromatic heterocycles. The van der Waals surface area contributed by atoms with E-state index in [1.54, 1.807) is 24.4 Å². The lowest BCUT2D eigenvalue weighted by Gasteiger charge is -2.25. The van der Waals surface area contributed by atoms with Gasteiger partial charge in [0.05, 0.1) is 30.7 Å². The van der Waals surface area contributed by atoms with Crippen molar-refractivity contribution in [2.75, 3.05) is 47.2 Å².